The Kier molecular flexibility index (Phi) is 5.10. The summed E-state index contributed by atoms with van der Waals surface area (Å²) in [6.45, 7) is 2.17. The molecule has 1 unspecified atom stereocenters. The lowest BCUT2D eigenvalue weighted by Gasteiger charge is -2.21. The van der Waals surface area contributed by atoms with Crippen molar-refractivity contribution in [2.24, 2.45) is 0 Å². The smallest absolute Gasteiger partial charge is 0.310 e. The normalized spacial score (nSPS) is 13.8. The van der Waals surface area contributed by atoms with Gasteiger partial charge in [0.25, 0.3) is 0 Å². The number of hydrogen-bond donors (Lipinski definition) is 1. The molecular formula is C11H12Cl2F3N. The van der Waals surface area contributed by atoms with Gasteiger partial charge in [0.2, 0.25) is 0 Å². The Balaban J connectivity index is 2.97. The third kappa shape index (κ3) is 4.74. The summed E-state index contributed by atoms with van der Waals surface area (Å²) in [4.78, 5) is 0. The van der Waals surface area contributed by atoms with Crippen molar-refractivity contribution in [1.82, 2.24) is 5.32 Å². The van der Waals surface area contributed by atoms with Crippen molar-refractivity contribution in [2.45, 2.75) is 25.6 Å². The van der Waals surface area contributed by atoms with E-state index in [-0.39, 0.29) is 5.02 Å². The lowest BCUT2D eigenvalue weighted by molar-refractivity contribution is -0.140. The second-order valence-electron chi connectivity index (χ2n) is 3.60. The fourth-order valence-corrected chi connectivity index (χ4v) is 2.09. The first-order chi connectivity index (χ1) is 7.83. The third-order valence-electron chi connectivity index (χ3n) is 2.22. The summed E-state index contributed by atoms with van der Waals surface area (Å²) in [6.07, 6.45) is -5.20. The zero-order chi connectivity index (χ0) is 13.1. The van der Waals surface area contributed by atoms with Gasteiger partial charge in [-0.15, -0.1) is 0 Å². The van der Waals surface area contributed by atoms with Gasteiger partial charge in [-0.3, -0.25) is 0 Å². The molecule has 1 aromatic rings. The second-order valence-corrected chi connectivity index (χ2v) is 4.44. The van der Waals surface area contributed by atoms with E-state index in [4.69, 9.17) is 23.2 Å². The molecule has 1 aromatic carbocycles. The second kappa shape index (κ2) is 5.94. The molecule has 1 nitrogen and oxygen atoms in total. The van der Waals surface area contributed by atoms with Gasteiger partial charge in [-0.1, -0.05) is 36.2 Å². The van der Waals surface area contributed by atoms with Gasteiger partial charge in [0.1, 0.15) is 0 Å². The number of halogens is 5. The summed E-state index contributed by atoms with van der Waals surface area (Å²) in [5.74, 6) is 0. The molecule has 17 heavy (non-hydrogen) atoms. The van der Waals surface area contributed by atoms with Crippen molar-refractivity contribution in [1.29, 1.82) is 0 Å². The highest BCUT2D eigenvalue weighted by Crippen LogP contribution is 2.33. The van der Waals surface area contributed by atoms with E-state index in [1.54, 1.807) is 6.92 Å². The predicted octanol–water partition coefficient (Wildman–Crippen LogP) is 4.60. The van der Waals surface area contributed by atoms with Crippen LogP contribution in [0.5, 0.6) is 0 Å². The first kappa shape index (κ1) is 14.6. The van der Waals surface area contributed by atoms with Crippen LogP contribution in [0.1, 0.15) is 24.9 Å². The average molecular weight is 286 g/mol. The Bertz CT molecular complexity index is 379. The van der Waals surface area contributed by atoms with E-state index in [0.717, 1.165) is 0 Å². The zero-order valence-electron chi connectivity index (χ0n) is 9.11. The SMILES string of the molecule is CCNC(CC(F)(F)F)c1ccc(Cl)cc1Cl. The van der Waals surface area contributed by atoms with Crippen LogP contribution in [-0.2, 0) is 0 Å². The fraction of sp³-hybridized carbons (Fsp3) is 0.455. The Labute approximate surface area is 108 Å². The van der Waals surface area contributed by atoms with Crippen LogP contribution in [0, 0.1) is 0 Å². The maximum atomic E-state index is 12.4. The Hall–Kier alpha value is -0.450. The van der Waals surface area contributed by atoms with Gasteiger partial charge in [0.15, 0.2) is 0 Å². The molecular weight excluding hydrogens is 274 g/mol. The number of benzene rings is 1. The summed E-state index contributed by atoms with van der Waals surface area (Å²) < 4.78 is 37.2. The Morgan fingerprint density at radius 3 is 2.41 bits per heavy atom. The predicted molar refractivity (Wildman–Crippen MR) is 63.6 cm³/mol. The number of hydrogen-bond acceptors (Lipinski definition) is 1. The standard InChI is InChI=1S/C11H12Cl2F3N/c1-2-17-10(6-11(14,15)16)8-4-3-7(12)5-9(8)13/h3-5,10,17H,2,6H2,1H3. The van der Waals surface area contributed by atoms with E-state index in [1.807, 2.05) is 0 Å². The summed E-state index contributed by atoms with van der Waals surface area (Å²) in [7, 11) is 0. The molecule has 0 heterocycles. The molecule has 6 heteroatoms. The molecule has 0 saturated heterocycles. The molecule has 1 N–H and O–H groups in total. The zero-order valence-corrected chi connectivity index (χ0v) is 10.6. The monoisotopic (exact) mass is 285 g/mol. The van der Waals surface area contributed by atoms with Crippen molar-refractivity contribution in [3.05, 3.63) is 33.8 Å². The molecule has 1 atom stereocenters. The molecule has 0 aliphatic rings. The van der Waals surface area contributed by atoms with Crippen molar-refractivity contribution < 1.29 is 13.2 Å². The van der Waals surface area contributed by atoms with E-state index in [0.29, 0.717) is 17.1 Å². The van der Waals surface area contributed by atoms with Gasteiger partial charge in [-0.05, 0) is 24.2 Å². The molecule has 0 radical (unpaired) electrons. The summed E-state index contributed by atoms with van der Waals surface area (Å²) in [5, 5.41) is 3.42. The summed E-state index contributed by atoms with van der Waals surface area (Å²) in [6, 6.07) is 3.65. The van der Waals surface area contributed by atoms with E-state index >= 15 is 0 Å². The molecule has 96 valence electrons. The van der Waals surface area contributed by atoms with Crippen LogP contribution in [-0.4, -0.2) is 12.7 Å². The lowest BCUT2D eigenvalue weighted by atomic mass is 10.0. The summed E-state index contributed by atoms with van der Waals surface area (Å²) in [5.41, 5.74) is 0.412. The topological polar surface area (TPSA) is 12.0 Å². The number of nitrogens with one attached hydrogen (secondary N) is 1. The molecule has 0 fully saturated rings. The highest BCUT2D eigenvalue weighted by molar-refractivity contribution is 6.35. The lowest BCUT2D eigenvalue weighted by Crippen LogP contribution is -2.26. The van der Waals surface area contributed by atoms with Crippen LogP contribution in [0.25, 0.3) is 0 Å². The van der Waals surface area contributed by atoms with Gasteiger partial charge in [-0.25, -0.2) is 0 Å². The maximum absolute atomic E-state index is 12.4. The van der Waals surface area contributed by atoms with Crippen LogP contribution in [0.4, 0.5) is 13.2 Å². The van der Waals surface area contributed by atoms with Gasteiger partial charge < -0.3 is 5.32 Å². The van der Waals surface area contributed by atoms with E-state index in [1.165, 1.54) is 18.2 Å². The molecule has 1 rings (SSSR count). The van der Waals surface area contributed by atoms with Crippen LogP contribution in [0.15, 0.2) is 18.2 Å². The Morgan fingerprint density at radius 2 is 1.94 bits per heavy atom. The highest BCUT2D eigenvalue weighted by atomic mass is 35.5. The third-order valence-corrected chi connectivity index (χ3v) is 2.79. The molecule has 0 aliphatic heterocycles. The van der Waals surface area contributed by atoms with Crippen molar-refractivity contribution >= 4 is 23.2 Å². The quantitative estimate of drug-likeness (QED) is 0.853. The minimum absolute atomic E-state index is 0.243. The Morgan fingerprint density at radius 1 is 1.29 bits per heavy atom. The molecule has 0 aliphatic carbocycles. The first-order valence-corrected chi connectivity index (χ1v) is 5.84. The first-order valence-electron chi connectivity index (χ1n) is 5.08. The van der Waals surface area contributed by atoms with E-state index < -0.39 is 18.6 Å². The van der Waals surface area contributed by atoms with Gasteiger partial charge in [0.05, 0.1) is 6.42 Å². The van der Waals surface area contributed by atoms with Crippen LogP contribution >= 0.6 is 23.2 Å². The van der Waals surface area contributed by atoms with Crippen LogP contribution in [0.2, 0.25) is 10.0 Å². The van der Waals surface area contributed by atoms with Crippen LogP contribution < -0.4 is 5.32 Å². The minimum Gasteiger partial charge on any atom is -0.310 e. The van der Waals surface area contributed by atoms with Crippen molar-refractivity contribution in [3.8, 4) is 0 Å². The number of alkyl halides is 3. The maximum Gasteiger partial charge on any atom is 0.390 e. The molecule has 0 aromatic heterocycles. The molecule has 0 spiro atoms. The molecule has 0 amide bonds. The largest absolute Gasteiger partial charge is 0.390 e. The summed E-state index contributed by atoms with van der Waals surface area (Å²) >= 11 is 11.6. The number of rotatable bonds is 4. The van der Waals surface area contributed by atoms with Gasteiger partial charge in [-0.2, -0.15) is 13.2 Å². The van der Waals surface area contributed by atoms with E-state index in [2.05, 4.69) is 5.32 Å². The molecule has 0 saturated carbocycles. The van der Waals surface area contributed by atoms with Gasteiger partial charge in [0, 0.05) is 16.1 Å². The van der Waals surface area contributed by atoms with Gasteiger partial charge >= 0.3 is 6.18 Å². The fourth-order valence-electron chi connectivity index (χ4n) is 1.55. The van der Waals surface area contributed by atoms with Crippen molar-refractivity contribution in [3.63, 3.8) is 0 Å². The van der Waals surface area contributed by atoms with Crippen LogP contribution in [0.3, 0.4) is 0 Å². The molecule has 0 bridgehead atoms. The average Bonchev–Trinajstić information content (AvgIpc) is 2.14. The van der Waals surface area contributed by atoms with E-state index in [9.17, 15) is 13.2 Å². The highest BCUT2D eigenvalue weighted by Gasteiger charge is 2.33. The van der Waals surface area contributed by atoms with Crippen molar-refractivity contribution in [2.75, 3.05) is 6.54 Å². The minimum atomic E-state index is -4.24.